The minimum Gasteiger partial charge on any atom is -0.480 e. The highest BCUT2D eigenvalue weighted by Gasteiger charge is 2.24. The SMILES string of the molecule is NC(=O)C[C@H](NC(=O)c1csc(-c2ccco2)n1)C(=O)O. The van der Waals surface area contributed by atoms with Gasteiger partial charge in [-0.25, -0.2) is 9.78 Å². The number of nitrogens with one attached hydrogen (secondary N) is 1. The summed E-state index contributed by atoms with van der Waals surface area (Å²) in [5.74, 6) is -2.36. The molecular weight excluding hydrogens is 298 g/mol. The van der Waals surface area contributed by atoms with Gasteiger partial charge in [0.1, 0.15) is 11.7 Å². The minimum atomic E-state index is -1.39. The highest BCUT2D eigenvalue weighted by atomic mass is 32.1. The second-order valence-electron chi connectivity index (χ2n) is 4.05. The number of aliphatic carboxylic acids is 1. The van der Waals surface area contributed by atoms with Gasteiger partial charge in [0.2, 0.25) is 5.91 Å². The van der Waals surface area contributed by atoms with Crippen LogP contribution in [0.25, 0.3) is 10.8 Å². The summed E-state index contributed by atoms with van der Waals surface area (Å²) < 4.78 is 5.15. The largest absolute Gasteiger partial charge is 0.480 e. The fourth-order valence-electron chi connectivity index (χ4n) is 1.52. The number of primary amides is 1. The molecule has 0 bridgehead atoms. The van der Waals surface area contributed by atoms with Crippen LogP contribution in [0.2, 0.25) is 0 Å². The maximum Gasteiger partial charge on any atom is 0.326 e. The van der Waals surface area contributed by atoms with E-state index in [1.807, 2.05) is 0 Å². The predicted octanol–water partition coefficient (Wildman–Crippen LogP) is 0.461. The van der Waals surface area contributed by atoms with Crippen molar-refractivity contribution in [2.45, 2.75) is 12.5 Å². The van der Waals surface area contributed by atoms with Crippen molar-refractivity contribution in [2.75, 3.05) is 0 Å². The molecule has 9 heteroatoms. The van der Waals surface area contributed by atoms with Crippen molar-refractivity contribution in [3.63, 3.8) is 0 Å². The summed E-state index contributed by atoms with van der Waals surface area (Å²) in [6.45, 7) is 0. The summed E-state index contributed by atoms with van der Waals surface area (Å²) in [7, 11) is 0. The van der Waals surface area contributed by atoms with Crippen molar-refractivity contribution in [2.24, 2.45) is 5.73 Å². The molecule has 0 unspecified atom stereocenters. The van der Waals surface area contributed by atoms with Crippen molar-refractivity contribution in [1.29, 1.82) is 0 Å². The molecule has 0 fully saturated rings. The first-order chi connectivity index (χ1) is 9.97. The average molecular weight is 309 g/mol. The van der Waals surface area contributed by atoms with Gasteiger partial charge in [-0.05, 0) is 12.1 Å². The molecule has 1 atom stereocenters. The van der Waals surface area contributed by atoms with Crippen LogP contribution in [0.1, 0.15) is 16.9 Å². The molecule has 8 nitrogen and oxygen atoms in total. The number of carbonyl (C=O) groups is 3. The average Bonchev–Trinajstić information content (AvgIpc) is 3.08. The summed E-state index contributed by atoms with van der Waals surface area (Å²) in [5, 5.41) is 13.1. The van der Waals surface area contributed by atoms with E-state index in [0.29, 0.717) is 10.8 Å². The molecule has 2 aromatic heterocycles. The first-order valence-corrected chi connectivity index (χ1v) is 6.66. The molecule has 0 aliphatic rings. The number of nitrogens with zero attached hydrogens (tertiary/aromatic N) is 1. The van der Waals surface area contributed by atoms with Crippen molar-refractivity contribution < 1.29 is 23.9 Å². The molecule has 0 aliphatic carbocycles. The number of thiazole rings is 1. The van der Waals surface area contributed by atoms with Crippen LogP contribution >= 0.6 is 11.3 Å². The lowest BCUT2D eigenvalue weighted by Crippen LogP contribution is -2.43. The lowest BCUT2D eigenvalue weighted by atomic mass is 10.2. The van der Waals surface area contributed by atoms with Crippen molar-refractivity contribution in [1.82, 2.24) is 10.3 Å². The van der Waals surface area contributed by atoms with Crippen LogP contribution in [0.4, 0.5) is 0 Å². The van der Waals surface area contributed by atoms with Gasteiger partial charge in [0.05, 0.1) is 12.7 Å². The Morgan fingerprint density at radius 2 is 2.24 bits per heavy atom. The highest BCUT2D eigenvalue weighted by Crippen LogP contribution is 2.23. The fraction of sp³-hybridized carbons (Fsp3) is 0.167. The molecule has 0 aromatic carbocycles. The molecule has 2 aromatic rings. The minimum absolute atomic E-state index is 0.0436. The second-order valence-corrected chi connectivity index (χ2v) is 4.91. The van der Waals surface area contributed by atoms with Gasteiger partial charge in [-0.2, -0.15) is 0 Å². The van der Waals surface area contributed by atoms with Crippen LogP contribution in [-0.4, -0.2) is 33.9 Å². The number of aromatic nitrogens is 1. The fourth-order valence-corrected chi connectivity index (χ4v) is 2.29. The van der Waals surface area contributed by atoms with E-state index >= 15 is 0 Å². The Bertz CT molecular complexity index is 664. The second kappa shape index (κ2) is 6.18. The number of rotatable bonds is 6. The number of hydrogen-bond acceptors (Lipinski definition) is 6. The standard InChI is InChI=1S/C12H11N3O5S/c13-9(16)4-6(12(18)19)14-10(17)7-5-21-11(15-7)8-2-1-3-20-8/h1-3,5-6H,4H2,(H2,13,16)(H,14,17)(H,18,19)/t6-/m0/s1. The summed E-state index contributed by atoms with van der Waals surface area (Å²) in [4.78, 5) is 37.7. The summed E-state index contributed by atoms with van der Waals surface area (Å²) in [6, 6.07) is 1.99. The third-order valence-corrected chi connectivity index (χ3v) is 3.33. The molecule has 2 heterocycles. The Morgan fingerprint density at radius 1 is 1.48 bits per heavy atom. The Labute approximate surface area is 122 Å². The van der Waals surface area contributed by atoms with E-state index in [0.717, 1.165) is 0 Å². The lowest BCUT2D eigenvalue weighted by Gasteiger charge is -2.11. The highest BCUT2D eigenvalue weighted by molar-refractivity contribution is 7.13. The van der Waals surface area contributed by atoms with E-state index in [9.17, 15) is 14.4 Å². The topological polar surface area (TPSA) is 136 Å². The van der Waals surface area contributed by atoms with Crippen LogP contribution in [-0.2, 0) is 9.59 Å². The molecule has 0 saturated heterocycles. The first kappa shape index (κ1) is 14.7. The third kappa shape index (κ3) is 3.66. The molecule has 110 valence electrons. The van der Waals surface area contributed by atoms with Gasteiger partial charge in [0.15, 0.2) is 10.8 Å². The van der Waals surface area contributed by atoms with Gasteiger partial charge in [-0.1, -0.05) is 0 Å². The predicted molar refractivity (Wildman–Crippen MR) is 72.5 cm³/mol. The Hall–Kier alpha value is -2.68. The molecule has 0 spiro atoms. The molecule has 4 N–H and O–H groups in total. The van der Waals surface area contributed by atoms with Gasteiger partial charge in [0.25, 0.3) is 5.91 Å². The molecule has 2 rings (SSSR count). The molecular formula is C12H11N3O5S. The molecule has 21 heavy (non-hydrogen) atoms. The Morgan fingerprint density at radius 3 is 2.81 bits per heavy atom. The van der Waals surface area contributed by atoms with Crippen molar-refractivity contribution in [3.05, 3.63) is 29.5 Å². The zero-order valence-corrected chi connectivity index (χ0v) is 11.4. The normalized spacial score (nSPS) is 11.8. The summed E-state index contributed by atoms with van der Waals surface area (Å²) >= 11 is 1.18. The van der Waals surface area contributed by atoms with E-state index in [1.165, 1.54) is 23.0 Å². The Balaban J connectivity index is 2.09. The van der Waals surface area contributed by atoms with Gasteiger partial charge < -0.3 is 20.6 Å². The Kier molecular flexibility index (Phi) is 4.33. The summed E-state index contributed by atoms with van der Waals surface area (Å²) in [6.07, 6.45) is 0.986. The number of hydrogen-bond donors (Lipinski definition) is 3. The van der Waals surface area contributed by atoms with E-state index < -0.39 is 30.2 Å². The zero-order valence-electron chi connectivity index (χ0n) is 10.6. The smallest absolute Gasteiger partial charge is 0.326 e. The van der Waals surface area contributed by atoms with Gasteiger partial charge >= 0.3 is 5.97 Å². The van der Waals surface area contributed by atoms with Crippen molar-refractivity contribution >= 4 is 29.1 Å². The molecule has 0 saturated carbocycles. The van der Waals surface area contributed by atoms with Crippen molar-refractivity contribution in [3.8, 4) is 10.8 Å². The number of nitrogens with two attached hydrogens (primary N) is 1. The van der Waals surface area contributed by atoms with Gasteiger partial charge in [-0.15, -0.1) is 11.3 Å². The number of carboxylic acids is 1. The van der Waals surface area contributed by atoms with Gasteiger partial charge in [-0.3, -0.25) is 9.59 Å². The van der Waals surface area contributed by atoms with E-state index in [-0.39, 0.29) is 5.69 Å². The monoisotopic (exact) mass is 309 g/mol. The number of carbonyl (C=O) groups excluding carboxylic acids is 2. The zero-order chi connectivity index (χ0) is 15.4. The maximum atomic E-state index is 11.9. The number of carboxylic acid groups (broad SMARTS) is 1. The van der Waals surface area contributed by atoms with Crippen LogP contribution in [0, 0.1) is 0 Å². The van der Waals surface area contributed by atoms with Crippen LogP contribution < -0.4 is 11.1 Å². The van der Waals surface area contributed by atoms with Crippen LogP contribution in [0.3, 0.4) is 0 Å². The first-order valence-electron chi connectivity index (χ1n) is 5.78. The quantitative estimate of drug-likeness (QED) is 0.709. The van der Waals surface area contributed by atoms with Crippen LogP contribution in [0.5, 0.6) is 0 Å². The molecule has 0 aliphatic heterocycles. The number of furan rings is 1. The summed E-state index contributed by atoms with van der Waals surface area (Å²) in [5.41, 5.74) is 4.98. The van der Waals surface area contributed by atoms with E-state index in [2.05, 4.69) is 10.3 Å². The van der Waals surface area contributed by atoms with E-state index in [1.54, 1.807) is 12.1 Å². The van der Waals surface area contributed by atoms with Crippen LogP contribution in [0.15, 0.2) is 28.2 Å². The lowest BCUT2D eigenvalue weighted by molar-refractivity contribution is -0.140. The molecule has 2 amide bonds. The molecule has 0 radical (unpaired) electrons. The number of amides is 2. The van der Waals surface area contributed by atoms with Gasteiger partial charge in [0, 0.05) is 5.38 Å². The third-order valence-electron chi connectivity index (χ3n) is 2.48. The maximum absolute atomic E-state index is 11.9. The van der Waals surface area contributed by atoms with E-state index in [4.69, 9.17) is 15.3 Å².